The van der Waals surface area contributed by atoms with Gasteiger partial charge in [0.15, 0.2) is 0 Å². The molecule has 3 aromatic carbocycles. The zero-order valence-corrected chi connectivity index (χ0v) is 15.5. The second-order valence-corrected chi connectivity index (χ2v) is 6.81. The van der Waals surface area contributed by atoms with Gasteiger partial charge in [0.1, 0.15) is 11.6 Å². The molecule has 0 spiro atoms. The number of hydrazone groups is 1. The molecule has 0 N–H and O–H groups in total. The molecule has 0 fully saturated rings. The second kappa shape index (κ2) is 7.41. The zero-order chi connectivity index (χ0) is 18.8. The fourth-order valence-corrected chi connectivity index (χ4v) is 3.39. The molecule has 1 aliphatic heterocycles. The third kappa shape index (κ3) is 3.67. The molecule has 27 heavy (non-hydrogen) atoms. The summed E-state index contributed by atoms with van der Waals surface area (Å²) in [6, 6.07) is 22.0. The van der Waals surface area contributed by atoms with Crippen LogP contribution in [0.2, 0.25) is 5.02 Å². The largest absolute Gasteiger partial charge is 0.497 e. The van der Waals surface area contributed by atoms with E-state index in [1.54, 1.807) is 19.2 Å². The molecular weight excluding hydrogens is 363 g/mol. The molecule has 1 heterocycles. The smallest absolute Gasteiger partial charge is 0.123 e. The van der Waals surface area contributed by atoms with Crippen molar-refractivity contribution in [1.82, 2.24) is 0 Å². The maximum absolute atomic E-state index is 13.4. The molecule has 0 aromatic heterocycles. The first kappa shape index (κ1) is 17.6. The Labute approximate surface area is 162 Å². The summed E-state index contributed by atoms with van der Waals surface area (Å²) in [5, 5.41) is 7.49. The molecular formula is C22H18ClFN2O. The van der Waals surface area contributed by atoms with E-state index in [2.05, 4.69) is 0 Å². The van der Waals surface area contributed by atoms with E-state index in [4.69, 9.17) is 21.4 Å². The van der Waals surface area contributed by atoms with Gasteiger partial charge in [0.25, 0.3) is 0 Å². The minimum Gasteiger partial charge on any atom is -0.497 e. The molecule has 4 rings (SSSR count). The minimum atomic E-state index is -0.266. The zero-order valence-electron chi connectivity index (χ0n) is 14.8. The monoisotopic (exact) mass is 380 g/mol. The molecule has 3 aromatic rings. The number of nitrogens with zero attached hydrogens (tertiary/aromatic N) is 2. The van der Waals surface area contributed by atoms with Crippen LogP contribution >= 0.6 is 11.6 Å². The number of halogens is 2. The first-order valence-corrected chi connectivity index (χ1v) is 9.04. The number of benzene rings is 3. The molecule has 136 valence electrons. The average molecular weight is 381 g/mol. The van der Waals surface area contributed by atoms with E-state index in [1.807, 2.05) is 53.5 Å². The highest BCUT2D eigenvalue weighted by Crippen LogP contribution is 2.37. The molecule has 0 bridgehead atoms. The molecule has 1 aliphatic rings. The van der Waals surface area contributed by atoms with E-state index in [-0.39, 0.29) is 11.9 Å². The van der Waals surface area contributed by atoms with Crippen LogP contribution in [0.15, 0.2) is 77.9 Å². The van der Waals surface area contributed by atoms with Crippen LogP contribution in [-0.2, 0) is 0 Å². The summed E-state index contributed by atoms with van der Waals surface area (Å²) in [6.07, 6.45) is 0.728. The van der Waals surface area contributed by atoms with E-state index in [0.29, 0.717) is 5.02 Å². The first-order chi connectivity index (χ1) is 13.1. The third-order valence-corrected chi connectivity index (χ3v) is 4.91. The van der Waals surface area contributed by atoms with Crippen LogP contribution in [0.4, 0.5) is 10.1 Å². The Morgan fingerprint density at radius 1 is 1.04 bits per heavy atom. The highest BCUT2D eigenvalue weighted by atomic mass is 35.5. The molecule has 5 heteroatoms. The number of methoxy groups -OCH3 is 1. The molecule has 3 nitrogen and oxygen atoms in total. The van der Waals surface area contributed by atoms with Crippen molar-refractivity contribution < 1.29 is 9.13 Å². The van der Waals surface area contributed by atoms with Crippen molar-refractivity contribution in [2.24, 2.45) is 5.10 Å². The summed E-state index contributed by atoms with van der Waals surface area (Å²) in [7, 11) is 1.65. The summed E-state index contributed by atoms with van der Waals surface area (Å²) >= 11 is 6.05. The van der Waals surface area contributed by atoms with Crippen LogP contribution in [0, 0.1) is 5.82 Å². The molecule has 0 aliphatic carbocycles. The third-order valence-electron chi connectivity index (χ3n) is 4.66. The molecule has 0 saturated carbocycles. The average Bonchev–Trinajstić information content (AvgIpc) is 3.14. The van der Waals surface area contributed by atoms with Crippen LogP contribution in [0.3, 0.4) is 0 Å². The Bertz CT molecular complexity index is 970. The standard InChI is InChI=1S/C22H18ClFN2O/c1-27-20-4-2-3-16(13-20)21-14-22(15-5-7-17(23)8-6-15)26(25-21)19-11-9-18(24)10-12-19/h2-13,22H,14H2,1H3/t22-/m0/s1. The Morgan fingerprint density at radius 3 is 2.48 bits per heavy atom. The predicted octanol–water partition coefficient (Wildman–Crippen LogP) is 5.84. The highest BCUT2D eigenvalue weighted by molar-refractivity contribution is 6.30. The van der Waals surface area contributed by atoms with E-state index in [0.717, 1.165) is 34.7 Å². The van der Waals surface area contributed by atoms with Gasteiger partial charge in [0.05, 0.1) is 24.6 Å². The normalized spacial score (nSPS) is 16.3. The van der Waals surface area contributed by atoms with Gasteiger partial charge in [-0.05, 0) is 54.1 Å². The van der Waals surface area contributed by atoms with Gasteiger partial charge in [-0.2, -0.15) is 5.10 Å². The SMILES string of the molecule is COc1cccc(C2=NN(c3ccc(F)cc3)[C@H](c3ccc(Cl)cc3)C2)c1. The molecule has 0 saturated heterocycles. The molecule has 0 amide bonds. The van der Waals surface area contributed by atoms with E-state index in [1.165, 1.54) is 12.1 Å². The lowest BCUT2D eigenvalue weighted by atomic mass is 9.98. The first-order valence-electron chi connectivity index (χ1n) is 8.66. The lowest BCUT2D eigenvalue weighted by molar-refractivity contribution is 0.414. The maximum Gasteiger partial charge on any atom is 0.123 e. The summed E-state index contributed by atoms with van der Waals surface area (Å²) in [5.74, 6) is 0.525. The van der Waals surface area contributed by atoms with Gasteiger partial charge in [0, 0.05) is 17.0 Å². The van der Waals surface area contributed by atoms with Crippen LogP contribution in [-0.4, -0.2) is 12.8 Å². The predicted molar refractivity (Wildman–Crippen MR) is 107 cm³/mol. The fourth-order valence-electron chi connectivity index (χ4n) is 3.26. The van der Waals surface area contributed by atoms with Crippen LogP contribution in [0.5, 0.6) is 5.75 Å². The van der Waals surface area contributed by atoms with Gasteiger partial charge in [-0.3, -0.25) is 5.01 Å². The van der Waals surface area contributed by atoms with Gasteiger partial charge in [-0.1, -0.05) is 35.9 Å². The fraction of sp³-hybridized carbons (Fsp3) is 0.136. The molecule has 0 radical (unpaired) electrons. The van der Waals surface area contributed by atoms with Crippen LogP contribution in [0.25, 0.3) is 0 Å². The second-order valence-electron chi connectivity index (χ2n) is 6.37. The Kier molecular flexibility index (Phi) is 4.82. The lowest BCUT2D eigenvalue weighted by Crippen LogP contribution is -2.18. The minimum absolute atomic E-state index is 0.00827. The number of hydrogen-bond acceptors (Lipinski definition) is 3. The number of hydrogen-bond donors (Lipinski definition) is 0. The van der Waals surface area contributed by atoms with Crippen molar-refractivity contribution in [3.05, 3.63) is 94.8 Å². The summed E-state index contributed by atoms with van der Waals surface area (Å²) in [5.41, 5.74) is 3.91. The Balaban J connectivity index is 1.74. The van der Waals surface area contributed by atoms with E-state index >= 15 is 0 Å². The summed E-state index contributed by atoms with van der Waals surface area (Å²) < 4.78 is 18.7. The number of rotatable bonds is 4. The summed E-state index contributed by atoms with van der Waals surface area (Å²) in [4.78, 5) is 0. The number of ether oxygens (including phenoxy) is 1. The van der Waals surface area contributed by atoms with Gasteiger partial charge in [-0.15, -0.1) is 0 Å². The molecule has 0 unspecified atom stereocenters. The van der Waals surface area contributed by atoms with Crippen molar-refractivity contribution in [3.8, 4) is 5.75 Å². The quantitative estimate of drug-likeness (QED) is 0.567. The van der Waals surface area contributed by atoms with Crippen molar-refractivity contribution in [2.75, 3.05) is 12.1 Å². The maximum atomic E-state index is 13.4. The topological polar surface area (TPSA) is 24.8 Å². The Hall–Kier alpha value is -2.85. The van der Waals surface area contributed by atoms with Crippen molar-refractivity contribution in [1.29, 1.82) is 0 Å². The van der Waals surface area contributed by atoms with Crippen molar-refractivity contribution >= 4 is 23.0 Å². The van der Waals surface area contributed by atoms with Gasteiger partial charge in [-0.25, -0.2) is 4.39 Å². The lowest BCUT2D eigenvalue weighted by Gasteiger charge is -2.24. The van der Waals surface area contributed by atoms with Gasteiger partial charge in [0.2, 0.25) is 0 Å². The molecule has 1 atom stereocenters. The van der Waals surface area contributed by atoms with E-state index in [9.17, 15) is 4.39 Å². The summed E-state index contributed by atoms with van der Waals surface area (Å²) in [6.45, 7) is 0. The van der Waals surface area contributed by atoms with Crippen LogP contribution < -0.4 is 9.75 Å². The number of anilines is 1. The van der Waals surface area contributed by atoms with Crippen molar-refractivity contribution in [2.45, 2.75) is 12.5 Å². The van der Waals surface area contributed by atoms with Gasteiger partial charge >= 0.3 is 0 Å². The van der Waals surface area contributed by atoms with Gasteiger partial charge < -0.3 is 4.74 Å². The Morgan fingerprint density at radius 2 is 1.78 bits per heavy atom. The van der Waals surface area contributed by atoms with Crippen LogP contribution in [0.1, 0.15) is 23.6 Å². The van der Waals surface area contributed by atoms with E-state index < -0.39 is 0 Å². The van der Waals surface area contributed by atoms with Crippen molar-refractivity contribution in [3.63, 3.8) is 0 Å². The highest BCUT2D eigenvalue weighted by Gasteiger charge is 2.30.